The van der Waals surface area contributed by atoms with Crippen LogP contribution in [0.25, 0.3) is 0 Å². The van der Waals surface area contributed by atoms with Crippen molar-refractivity contribution in [3.63, 3.8) is 0 Å². The van der Waals surface area contributed by atoms with Crippen LogP contribution in [0.2, 0.25) is 0 Å². The maximum atomic E-state index is 10.8. The summed E-state index contributed by atoms with van der Waals surface area (Å²) in [6.07, 6.45) is 4.29. The zero-order valence-corrected chi connectivity index (χ0v) is 7.77. The highest BCUT2D eigenvalue weighted by Crippen LogP contribution is 2.33. The predicted molar refractivity (Wildman–Crippen MR) is 50.0 cm³/mol. The molecule has 1 heterocycles. The van der Waals surface area contributed by atoms with Crippen LogP contribution in [0.3, 0.4) is 0 Å². The Balaban J connectivity index is 2.28. The van der Waals surface area contributed by atoms with Crippen molar-refractivity contribution in [3.8, 4) is 0 Å². The number of hydrogen-bond acceptors (Lipinski definition) is 3. The molecular formula is C10H13NO3. The second-order valence-electron chi connectivity index (χ2n) is 3.66. The fraction of sp³-hybridized carbons (Fsp3) is 0.500. The van der Waals surface area contributed by atoms with E-state index in [1.807, 2.05) is 6.07 Å². The van der Waals surface area contributed by atoms with Crippen LogP contribution >= 0.6 is 0 Å². The summed E-state index contributed by atoms with van der Waals surface area (Å²) in [5, 5.41) is 8.84. The van der Waals surface area contributed by atoms with Crippen molar-refractivity contribution in [1.82, 2.24) is 0 Å². The SMILES string of the molecule is NC(C(=O)O)C1CCCc2occc21. The Morgan fingerprint density at radius 3 is 3.21 bits per heavy atom. The van der Waals surface area contributed by atoms with E-state index in [1.54, 1.807) is 6.26 Å². The third-order valence-corrected chi connectivity index (χ3v) is 2.82. The van der Waals surface area contributed by atoms with Crippen LogP contribution in [0.4, 0.5) is 0 Å². The van der Waals surface area contributed by atoms with E-state index < -0.39 is 12.0 Å². The average molecular weight is 195 g/mol. The van der Waals surface area contributed by atoms with E-state index >= 15 is 0 Å². The molecule has 2 rings (SSSR count). The Morgan fingerprint density at radius 2 is 2.50 bits per heavy atom. The van der Waals surface area contributed by atoms with Crippen molar-refractivity contribution in [2.75, 3.05) is 0 Å². The Morgan fingerprint density at radius 1 is 1.71 bits per heavy atom. The topological polar surface area (TPSA) is 76.5 Å². The summed E-state index contributed by atoms with van der Waals surface area (Å²) in [5.41, 5.74) is 6.60. The van der Waals surface area contributed by atoms with E-state index in [4.69, 9.17) is 15.3 Å². The quantitative estimate of drug-likeness (QED) is 0.741. The first-order chi connectivity index (χ1) is 6.70. The van der Waals surface area contributed by atoms with Gasteiger partial charge < -0.3 is 15.3 Å². The molecule has 1 aromatic rings. The van der Waals surface area contributed by atoms with Gasteiger partial charge in [-0.3, -0.25) is 4.79 Å². The molecule has 14 heavy (non-hydrogen) atoms. The minimum atomic E-state index is -0.941. The van der Waals surface area contributed by atoms with Crippen LogP contribution in [-0.4, -0.2) is 17.1 Å². The molecule has 0 aliphatic heterocycles. The molecule has 0 spiro atoms. The van der Waals surface area contributed by atoms with E-state index in [1.165, 1.54) is 0 Å². The molecule has 0 bridgehead atoms. The molecule has 76 valence electrons. The summed E-state index contributed by atoms with van der Waals surface area (Å²) in [5.74, 6) is -0.128. The molecular weight excluding hydrogens is 182 g/mol. The number of carboxylic acids is 1. The van der Waals surface area contributed by atoms with Gasteiger partial charge in [-0.05, 0) is 24.5 Å². The van der Waals surface area contributed by atoms with Gasteiger partial charge in [-0.2, -0.15) is 0 Å². The summed E-state index contributed by atoms with van der Waals surface area (Å²) in [4.78, 5) is 10.8. The highest BCUT2D eigenvalue weighted by atomic mass is 16.4. The number of rotatable bonds is 2. The van der Waals surface area contributed by atoms with E-state index in [0.717, 1.165) is 30.6 Å². The Kier molecular flexibility index (Phi) is 2.29. The monoisotopic (exact) mass is 195 g/mol. The molecule has 0 radical (unpaired) electrons. The Bertz CT molecular complexity index is 345. The van der Waals surface area contributed by atoms with E-state index in [2.05, 4.69) is 0 Å². The standard InChI is InChI=1S/C10H13NO3/c11-9(10(12)13)7-2-1-3-8-6(7)4-5-14-8/h4-5,7,9H,1-3,11H2,(H,12,13). The molecule has 4 nitrogen and oxygen atoms in total. The molecule has 3 N–H and O–H groups in total. The van der Waals surface area contributed by atoms with Crippen LogP contribution in [0.1, 0.15) is 30.1 Å². The number of nitrogens with two attached hydrogens (primary N) is 1. The van der Waals surface area contributed by atoms with Crippen molar-refractivity contribution >= 4 is 5.97 Å². The fourth-order valence-corrected chi connectivity index (χ4v) is 2.07. The third kappa shape index (κ3) is 1.42. The number of aliphatic carboxylic acids is 1. The van der Waals surface area contributed by atoms with Gasteiger partial charge in [-0.15, -0.1) is 0 Å². The van der Waals surface area contributed by atoms with Gasteiger partial charge in [0, 0.05) is 12.3 Å². The molecule has 0 amide bonds. The average Bonchev–Trinajstić information content (AvgIpc) is 2.63. The Hall–Kier alpha value is -1.29. The smallest absolute Gasteiger partial charge is 0.321 e. The van der Waals surface area contributed by atoms with E-state index in [-0.39, 0.29) is 5.92 Å². The number of carboxylic acid groups (broad SMARTS) is 1. The second-order valence-corrected chi connectivity index (χ2v) is 3.66. The normalized spacial score (nSPS) is 22.8. The minimum absolute atomic E-state index is 0.0880. The van der Waals surface area contributed by atoms with Crippen LogP contribution in [0.15, 0.2) is 16.7 Å². The number of hydrogen-bond donors (Lipinski definition) is 2. The first-order valence-electron chi connectivity index (χ1n) is 4.75. The lowest BCUT2D eigenvalue weighted by Gasteiger charge is -2.24. The maximum absolute atomic E-state index is 10.8. The van der Waals surface area contributed by atoms with E-state index in [9.17, 15) is 4.79 Å². The summed E-state index contributed by atoms with van der Waals surface area (Å²) in [7, 11) is 0. The summed E-state index contributed by atoms with van der Waals surface area (Å²) in [6.45, 7) is 0. The summed E-state index contributed by atoms with van der Waals surface area (Å²) >= 11 is 0. The van der Waals surface area contributed by atoms with Crippen molar-refractivity contribution in [3.05, 3.63) is 23.7 Å². The molecule has 0 saturated heterocycles. The largest absolute Gasteiger partial charge is 0.480 e. The lowest BCUT2D eigenvalue weighted by Crippen LogP contribution is -2.37. The summed E-state index contributed by atoms with van der Waals surface area (Å²) < 4.78 is 5.27. The molecule has 1 aliphatic carbocycles. The molecule has 4 heteroatoms. The lowest BCUT2D eigenvalue weighted by molar-refractivity contribution is -0.139. The van der Waals surface area contributed by atoms with Crippen molar-refractivity contribution in [2.24, 2.45) is 5.73 Å². The molecule has 0 aromatic carbocycles. The van der Waals surface area contributed by atoms with Crippen LogP contribution in [0.5, 0.6) is 0 Å². The molecule has 0 fully saturated rings. The van der Waals surface area contributed by atoms with Gasteiger partial charge in [-0.1, -0.05) is 0 Å². The van der Waals surface area contributed by atoms with Crippen LogP contribution < -0.4 is 5.73 Å². The van der Waals surface area contributed by atoms with Gasteiger partial charge in [-0.25, -0.2) is 0 Å². The van der Waals surface area contributed by atoms with Crippen molar-refractivity contribution in [1.29, 1.82) is 0 Å². The molecule has 0 saturated carbocycles. The molecule has 2 atom stereocenters. The van der Waals surface area contributed by atoms with Crippen LogP contribution in [0, 0.1) is 0 Å². The van der Waals surface area contributed by atoms with Gasteiger partial charge in [0.25, 0.3) is 0 Å². The van der Waals surface area contributed by atoms with Gasteiger partial charge in [0.2, 0.25) is 0 Å². The van der Waals surface area contributed by atoms with Crippen LogP contribution in [-0.2, 0) is 11.2 Å². The zero-order chi connectivity index (χ0) is 10.1. The van der Waals surface area contributed by atoms with E-state index in [0.29, 0.717) is 0 Å². The number of aryl methyl sites for hydroxylation is 1. The molecule has 1 aromatic heterocycles. The predicted octanol–water partition coefficient (Wildman–Crippen LogP) is 1.11. The fourth-order valence-electron chi connectivity index (χ4n) is 2.07. The highest BCUT2D eigenvalue weighted by Gasteiger charge is 2.31. The maximum Gasteiger partial charge on any atom is 0.321 e. The first kappa shape index (κ1) is 9.27. The minimum Gasteiger partial charge on any atom is -0.480 e. The molecule has 1 aliphatic rings. The highest BCUT2D eigenvalue weighted by molar-refractivity contribution is 5.74. The van der Waals surface area contributed by atoms with Crippen molar-refractivity contribution < 1.29 is 14.3 Å². The van der Waals surface area contributed by atoms with Crippen molar-refractivity contribution in [2.45, 2.75) is 31.2 Å². The van der Waals surface area contributed by atoms with Gasteiger partial charge in [0.15, 0.2) is 0 Å². The molecule has 2 unspecified atom stereocenters. The lowest BCUT2D eigenvalue weighted by atomic mass is 9.82. The second kappa shape index (κ2) is 3.46. The summed E-state index contributed by atoms with van der Waals surface area (Å²) in [6, 6.07) is 1.02. The zero-order valence-electron chi connectivity index (χ0n) is 7.77. The number of fused-ring (bicyclic) bond motifs is 1. The first-order valence-corrected chi connectivity index (χ1v) is 4.75. The number of carbonyl (C=O) groups is 1. The van der Waals surface area contributed by atoms with Gasteiger partial charge in [0.1, 0.15) is 11.8 Å². The van der Waals surface area contributed by atoms with Gasteiger partial charge in [0.05, 0.1) is 6.26 Å². The van der Waals surface area contributed by atoms with Gasteiger partial charge >= 0.3 is 5.97 Å². The number of furan rings is 1. The Labute approximate surface area is 81.7 Å². The third-order valence-electron chi connectivity index (χ3n) is 2.82.